The Morgan fingerprint density at radius 1 is 1.47 bits per heavy atom. The SMILES string of the molecule is Cc1cc(F)ccc1CCN1CCCNC1=O. The summed E-state index contributed by atoms with van der Waals surface area (Å²) in [6.07, 6.45) is 1.77. The van der Waals surface area contributed by atoms with E-state index in [1.54, 1.807) is 6.07 Å². The highest BCUT2D eigenvalue weighted by Gasteiger charge is 2.16. The third-order valence-electron chi connectivity index (χ3n) is 3.12. The van der Waals surface area contributed by atoms with Crippen LogP contribution in [-0.2, 0) is 6.42 Å². The van der Waals surface area contributed by atoms with Gasteiger partial charge in [0.15, 0.2) is 0 Å². The molecular formula is C13H17FN2O. The minimum atomic E-state index is -0.207. The molecular weight excluding hydrogens is 219 g/mol. The van der Waals surface area contributed by atoms with Crippen molar-refractivity contribution in [2.45, 2.75) is 19.8 Å². The summed E-state index contributed by atoms with van der Waals surface area (Å²) in [7, 11) is 0. The predicted octanol–water partition coefficient (Wildman–Crippen LogP) is 2.09. The molecule has 92 valence electrons. The first kappa shape index (κ1) is 11.9. The highest BCUT2D eigenvalue weighted by atomic mass is 19.1. The number of amides is 2. The van der Waals surface area contributed by atoms with Crippen LogP contribution in [-0.4, -0.2) is 30.6 Å². The summed E-state index contributed by atoms with van der Waals surface area (Å²) in [4.78, 5) is 13.3. The molecule has 1 saturated heterocycles. The fourth-order valence-electron chi connectivity index (χ4n) is 2.09. The molecule has 0 aliphatic carbocycles. The van der Waals surface area contributed by atoms with Crippen molar-refractivity contribution in [1.82, 2.24) is 10.2 Å². The highest BCUT2D eigenvalue weighted by Crippen LogP contribution is 2.12. The minimum Gasteiger partial charge on any atom is -0.338 e. The zero-order chi connectivity index (χ0) is 12.3. The van der Waals surface area contributed by atoms with E-state index in [0.717, 1.165) is 37.1 Å². The van der Waals surface area contributed by atoms with Crippen molar-refractivity contribution in [3.63, 3.8) is 0 Å². The van der Waals surface area contributed by atoms with E-state index in [1.807, 2.05) is 11.8 Å². The molecule has 0 aromatic heterocycles. The van der Waals surface area contributed by atoms with Crippen molar-refractivity contribution in [3.05, 3.63) is 35.1 Å². The molecule has 1 fully saturated rings. The molecule has 0 unspecified atom stereocenters. The first-order valence-electron chi connectivity index (χ1n) is 5.94. The second-order valence-electron chi connectivity index (χ2n) is 4.39. The average molecular weight is 236 g/mol. The number of nitrogens with zero attached hydrogens (tertiary/aromatic N) is 1. The van der Waals surface area contributed by atoms with E-state index in [9.17, 15) is 9.18 Å². The fourth-order valence-corrected chi connectivity index (χ4v) is 2.09. The summed E-state index contributed by atoms with van der Waals surface area (Å²) in [5.74, 6) is -0.207. The van der Waals surface area contributed by atoms with Crippen molar-refractivity contribution in [2.24, 2.45) is 0 Å². The normalized spacial score (nSPS) is 15.9. The quantitative estimate of drug-likeness (QED) is 0.856. The summed E-state index contributed by atoms with van der Waals surface area (Å²) in [5.41, 5.74) is 2.05. The largest absolute Gasteiger partial charge is 0.338 e. The van der Waals surface area contributed by atoms with Crippen LogP contribution in [0.25, 0.3) is 0 Å². The summed E-state index contributed by atoms with van der Waals surface area (Å²) in [6.45, 7) is 4.17. The van der Waals surface area contributed by atoms with E-state index in [0.29, 0.717) is 6.54 Å². The van der Waals surface area contributed by atoms with Crippen LogP contribution < -0.4 is 5.32 Å². The van der Waals surface area contributed by atoms with Crippen LogP contribution in [0.5, 0.6) is 0 Å². The molecule has 4 heteroatoms. The number of carbonyl (C=O) groups excluding carboxylic acids is 1. The smallest absolute Gasteiger partial charge is 0.317 e. The molecule has 0 radical (unpaired) electrons. The zero-order valence-corrected chi connectivity index (χ0v) is 10.0. The number of carbonyl (C=O) groups is 1. The molecule has 0 saturated carbocycles. The van der Waals surface area contributed by atoms with Crippen molar-refractivity contribution >= 4 is 6.03 Å². The number of halogens is 1. The second kappa shape index (κ2) is 5.17. The standard InChI is InChI=1S/C13H17FN2O/c1-10-9-12(14)4-3-11(10)5-8-16-7-2-6-15-13(16)17/h3-4,9H,2,5-8H2,1H3,(H,15,17). The number of urea groups is 1. The van der Waals surface area contributed by atoms with Gasteiger partial charge in [-0.25, -0.2) is 9.18 Å². The molecule has 1 N–H and O–H groups in total. The van der Waals surface area contributed by atoms with Crippen molar-refractivity contribution in [1.29, 1.82) is 0 Å². The molecule has 2 amide bonds. The number of benzene rings is 1. The minimum absolute atomic E-state index is 0.0102. The maximum atomic E-state index is 12.9. The lowest BCUT2D eigenvalue weighted by Crippen LogP contribution is -2.47. The summed E-state index contributed by atoms with van der Waals surface area (Å²) in [6, 6.07) is 4.81. The molecule has 1 aromatic carbocycles. The predicted molar refractivity (Wildman–Crippen MR) is 64.4 cm³/mol. The van der Waals surface area contributed by atoms with Gasteiger partial charge in [0, 0.05) is 19.6 Å². The van der Waals surface area contributed by atoms with Crippen LogP contribution in [0, 0.1) is 12.7 Å². The fraction of sp³-hybridized carbons (Fsp3) is 0.462. The Bertz CT molecular complexity index is 420. The number of rotatable bonds is 3. The van der Waals surface area contributed by atoms with E-state index >= 15 is 0 Å². The van der Waals surface area contributed by atoms with Gasteiger partial charge in [-0.3, -0.25) is 0 Å². The highest BCUT2D eigenvalue weighted by molar-refractivity contribution is 5.74. The maximum absolute atomic E-state index is 12.9. The molecule has 3 nitrogen and oxygen atoms in total. The van der Waals surface area contributed by atoms with Crippen LogP contribution in [0.4, 0.5) is 9.18 Å². The first-order chi connectivity index (χ1) is 8.16. The first-order valence-corrected chi connectivity index (χ1v) is 5.94. The third-order valence-corrected chi connectivity index (χ3v) is 3.12. The van der Waals surface area contributed by atoms with Gasteiger partial charge in [0.25, 0.3) is 0 Å². The topological polar surface area (TPSA) is 32.3 Å². The van der Waals surface area contributed by atoms with Gasteiger partial charge < -0.3 is 10.2 Å². The van der Waals surface area contributed by atoms with E-state index in [2.05, 4.69) is 5.32 Å². The number of hydrogen-bond acceptors (Lipinski definition) is 1. The second-order valence-corrected chi connectivity index (χ2v) is 4.39. The van der Waals surface area contributed by atoms with Gasteiger partial charge in [0.2, 0.25) is 0 Å². The Labute approximate surface area is 101 Å². The van der Waals surface area contributed by atoms with E-state index in [1.165, 1.54) is 12.1 Å². The molecule has 2 rings (SSSR count). The zero-order valence-electron chi connectivity index (χ0n) is 10.0. The molecule has 0 bridgehead atoms. The van der Waals surface area contributed by atoms with Crippen LogP contribution in [0.1, 0.15) is 17.5 Å². The lowest BCUT2D eigenvalue weighted by molar-refractivity contribution is 0.187. The number of aryl methyl sites for hydroxylation is 1. The Morgan fingerprint density at radius 3 is 3.00 bits per heavy atom. The average Bonchev–Trinajstić information content (AvgIpc) is 2.30. The Hall–Kier alpha value is -1.58. The lowest BCUT2D eigenvalue weighted by Gasteiger charge is -2.27. The van der Waals surface area contributed by atoms with Crippen molar-refractivity contribution < 1.29 is 9.18 Å². The molecule has 0 atom stereocenters. The van der Waals surface area contributed by atoms with Crippen LogP contribution in [0.3, 0.4) is 0 Å². The Balaban J connectivity index is 1.95. The molecule has 1 aliphatic rings. The van der Waals surface area contributed by atoms with Crippen LogP contribution in [0.15, 0.2) is 18.2 Å². The van der Waals surface area contributed by atoms with Gasteiger partial charge in [0.05, 0.1) is 0 Å². The molecule has 1 heterocycles. The molecule has 1 aromatic rings. The monoisotopic (exact) mass is 236 g/mol. The van der Waals surface area contributed by atoms with Crippen molar-refractivity contribution in [3.8, 4) is 0 Å². The number of hydrogen-bond donors (Lipinski definition) is 1. The van der Waals surface area contributed by atoms with Crippen LogP contribution in [0.2, 0.25) is 0 Å². The molecule has 1 aliphatic heterocycles. The van der Waals surface area contributed by atoms with Gasteiger partial charge in [-0.15, -0.1) is 0 Å². The van der Waals surface area contributed by atoms with Crippen molar-refractivity contribution in [2.75, 3.05) is 19.6 Å². The van der Waals surface area contributed by atoms with E-state index < -0.39 is 0 Å². The van der Waals surface area contributed by atoms with E-state index in [4.69, 9.17) is 0 Å². The van der Waals surface area contributed by atoms with Gasteiger partial charge in [-0.1, -0.05) is 6.07 Å². The lowest BCUT2D eigenvalue weighted by atomic mass is 10.1. The van der Waals surface area contributed by atoms with Gasteiger partial charge >= 0.3 is 6.03 Å². The van der Waals surface area contributed by atoms with Gasteiger partial charge in [0.1, 0.15) is 5.82 Å². The maximum Gasteiger partial charge on any atom is 0.317 e. The number of nitrogens with one attached hydrogen (secondary N) is 1. The van der Waals surface area contributed by atoms with Gasteiger partial charge in [-0.2, -0.15) is 0 Å². The summed E-state index contributed by atoms with van der Waals surface area (Å²) < 4.78 is 12.9. The van der Waals surface area contributed by atoms with Gasteiger partial charge in [-0.05, 0) is 43.0 Å². The Morgan fingerprint density at radius 2 is 2.29 bits per heavy atom. The van der Waals surface area contributed by atoms with Crippen LogP contribution >= 0.6 is 0 Å². The molecule has 17 heavy (non-hydrogen) atoms. The molecule has 0 spiro atoms. The van der Waals surface area contributed by atoms with E-state index in [-0.39, 0.29) is 11.8 Å². The summed E-state index contributed by atoms with van der Waals surface area (Å²) in [5, 5.41) is 2.82. The Kier molecular flexibility index (Phi) is 3.61. The summed E-state index contributed by atoms with van der Waals surface area (Å²) >= 11 is 0. The third kappa shape index (κ3) is 2.96.